The number of fused-ring (bicyclic) bond motifs is 1. The first-order valence-electron chi connectivity index (χ1n) is 8.94. The number of ether oxygens (including phenoxy) is 1. The van der Waals surface area contributed by atoms with Crippen molar-refractivity contribution in [1.29, 1.82) is 0 Å². The van der Waals surface area contributed by atoms with Crippen molar-refractivity contribution >= 4 is 54.2 Å². The smallest absolute Gasteiger partial charge is 0.261 e. The van der Waals surface area contributed by atoms with E-state index in [4.69, 9.17) is 16.3 Å². The van der Waals surface area contributed by atoms with Gasteiger partial charge in [0.05, 0.1) is 27.8 Å². The van der Waals surface area contributed by atoms with Gasteiger partial charge >= 0.3 is 0 Å². The maximum atomic E-state index is 12.8. The van der Waals surface area contributed by atoms with Crippen LogP contribution < -0.4 is 10.1 Å². The summed E-state index contributed by atoms with van der Waals surface area (Å²) in [6.07, 6.45) is 1.76. The van der Waals surface area contributed by atoms with Crippen molar-refractivity contribution in [3.63, 3.8) is 0 Å². The minimum atomic E-state index is -3.51. The molecule has 0 unspecified atom stereocenters. The second kappa shape index (κ2) is 7.91. The third-order valence-electron chi connectivity index (χ3n) is 4.69. The zero-order valence-corrected chi connectivity index (χ0v) is 17.9. The first-order chi connectivity index (χ1) is 13.9. The quantitative estimate of drug-likeness (QED) is 0.633. The Morgan fingerprint density at radius 1 is 1.21 bits per heavy atom. The molecule has 0 spiro atoms. The molecule has 1 fully saturated rings. The number of methoxy groups -OCH3 is 1. The van der Waals surface area contributed by atoms with Gasteiger partial charge in [-0.1, -0.05) is 22.9 Å². The van der Waals surface area contributed by atoms with Gasteiger partial charge in [0.15, 0.2) is 5.13 Å². The van der Waals surface area contributed by atoms with Gasteiger partial charge in [0.25, 0.3) is 5.91 Å². The first-order valence-corrected chi connectivity index (χ1v) is 11.6. The van der Waals surface area contributed by atoms with Crippen LogP contribution in [0, 0.1) is 0 Å². The maximum Gasteiger partial charge on any atom is 0.261 e. The molecule has 29 heavy (non-hydrogen) atoms. The number of nitrogens with zero attached hydrogens (tertiary/aromatic N) is 2. The molecule has 7 nitrogen and oxygen atoms in total. The normalized spacial score (nSPS) is 15.0. The van der Waals surface area contributed by atoms with Crippen LogP contribution in [-0.4, -0.2) is 43.8 Å². The standard InChI is InChI=1S/C19H18ClN3O4S2/c1-27-16-7-4-12(20)10-14(16)18(24)22-19-21-15-6-5-13(11-17(15)28-19)29(25,26)23-8-2-3-9-23/h4-7,10-11H,2-3,8-9H2,1H3,(H,21,22,24). The van der Waals surface area contributed by atoms with Crippen molar-refractivity contribution < 1.29 is 17.9 Å². The number of hydrogen-bond acceptors (Lipinski definition) is 6. The van der Waals surface area contributed by atoms with Crippen LogP contribution in [0.3, 0.4) is 0 Å². The maximum absolute atomic E-state index is 12.8. The van der Waals surface area contributed by atoms with Crippen LogP contribution in [0.25, 0.3) is 10.2 Å². The van der Waals surface area contributed by atoms with Crippen LogP contribution in [-0.2, 0) is 10.0 Å². The molecule has 3 aromatic rings. The molecule has 1 amide bonds. The minimum Gasteiger partial charge on any atom is -0.496 e. The Balaban J connectivity index is 1.61. The molecule has 2 heterocycles. The topological polar surface area (TPSA) is 88.6 Å². The van der Waals surface area contributed by atoms with Gasteiger partial charge in [0, 0.05) is 18.1 Å². The predicted octanol–water partition coefficient (Wildman–Crippen LogP) is 4.00. The van der Waals surface area contributed by atoms with E-state index in [1.807, 2.05) is 0 Å². The number of carbonyl (C=O) groups is 1. The number of nitrogens with one attached hydrogen (secondary N) is 1. The van der Waals surface area contributed by atoms with Crippen molar-refractivity contribution in [2.75, 3.05) is 25.5 Å². The molecule has 2 aromatic carbocycles. The van der Waals surface area contributed by atoms with E-state index in [1.165, 1.54) is 28.8 Å². The Morgan fingerprint density at radius 3 is 2.69 bits per heavy atom. The lowest BCUT2D eigenvalue weighted by Gasteiger charge is -2.15. The zero-order valence-electron chi connectivity index (χ0n) is 15.5. The SMILES string of the molecule is COc1ccc(Cl)cc1C(=O)Nc1nc2ccc(S(=O)(=O)N3CCCC3)cc2s1. The molecule has 1 aliphatic rings. The number of aromatic nitrogens is 1. The molecule has 1 aromatic heterocycles. The highest BCUT2D eigenvalue weighted by molar-refractivity contribution is 7.89. The minimum absolute atomic E-state index is 0.241. The third-order valence-corrected chi connectivity index (χ3v) is 7.75. The van der Waals surface area contributed by atoms with Crippen LogP contribution in [0.15, 0.2) is 41.3 Å². The lowest BCUT2D eigenvalue weighted by Crippen LogP contribution is -2.27. The Hall–Kier alpha value is -2.20. The van der Waals surface area contributed by atoms with E-state index >= 15 is 0 Å². The molecule has 0 saturated carbocycles. The highest BCUT2D eigenvalue weighted by Gasteiger charge is 2.27. The zero-order chi connectivity index (χ0) is 20.6. The summed E-state index contributed by atoms with van der Waals surface area (Å²) in [4.78, 5) is 17.3. The van der Waals surface area contributed by atoms with Gasteiger partial charge in [-0.05, 0) is 49.2 Å². The fourth-order valence-corrected chi connectivity index (χ4v) is 5.91. The summed E-state index contributed by atoms with van der Waals surface area (Å²) >= 11 is 7.20. The average molecular weight is 452 g/mol. The summed E-state index contributed by atoms with van der Waals surface area (Å²) in [6.45, 7) is 1.09. The van der Waals surface area contributed by atoms with E-state index in [0.717, 1.165) is 12.8 Å². The second-order valence-corrected chi connectivity index (χ2v) is 9.96. The Morgan fingerprint density at radius 2 is 1.97 bits per heavy atom. The molecule has 0 atom stereocenters. The number of halogens is 1. The molecule has 1 saturated heterocycles. The molecule has 0 aliphatic carbocycles. The molecule has 152 valence electrons. The average Bonchev–Trinajstić information content (AvgIpc) is 3.37. The molecule has 10 heteroatoms. The summed E-state index contributed by atoms with van der Waals surface area (Å²) in [5.74, 6) is -0.0136. The fraction of sp³-hybridized carbons (Fsp3) is 0.263. The van der Waals surface area contributed by atoms with Crippen molar-refractivity contribution in [3.05, 3.63) is 47.0 Å². The number of benzene rings is 2. The van der Waals surface area contributed by atoms with Crippen molar-refractivity contribution in [3.8, 4) is 5.75 Å². The van der Waals surface area contributed by atoms with Gasteiger partial charge in [-0.15, -0.1) is 0 Å². The van der Waals surface area contributed by atoms with E-state index < -0.39 is 15.9 Å². The summed E-state index contributed by atoms with van der Waals surface area (Å²) < 4.78 is 32.9. The monoisotopic (exact) mass is 451 g/mol. The number of sulfonamides is 1. The molecule has 4 rings (SSSR count). The van der Waals surface area contributed by atoms with Gasteiger partial charge in [-0.2, -0.15) is 4.31 Å². The van der Waals surface area contributed by atoms with Crippen LogP contribution >= 0.6 is 22.9 Å². The fourth-order valence-electron chi connectivity index (χ4n) is 3.22. The highest BCUT2D eigenvalue weighted by atomic mass is 35.5. The second-order valence-electron chi connectivity index (χ2n) is 6.56. The Kier molecular flexibility index (Phi) is 5.48. The molecule has 0 bridgehead atoms. The highest BCUT2D eigenvalue weighted by Crippen LogP contribution is 2.31. The van der Waals surface area contributed by atoms with Crippen LogP contribution in [0.5, 0.6) is 5.75 Å². The Labute approximate surface area is 177 Å². The van der Waals surface area contributed by atoms with E-state index in [-0.39, 0.29) is 10.5 Å². The summed E-state index contributed by atoms with van der Waals surface area (Å²) in [5, 5.41) is 3.51. The molecular formula is C19H18ClN3O4S2. The number of rotatable bonds is 5. The van der Waals surface area contributed by atoms with Crippen molar-refractivity contribution in [1.82, 2.24) is 9.29 Å². The van der Waals surface area contributed by atoms with Gasteiger partial charge in [-0.25, -0.2) is 13.4 Å². The largest absolute Gasteiger partial charge is 0.496 e. The van der Waals surface area contributed by atoms with E-state index in [1.54, 1.807) is 30.3 Å². The number of anilines is 1. The van der Waals surface area contributed by atoms with Crippen molar-refractivity contribution in [2.45, 2.75) is 17.7 Å². The first kappa shape index (κ1) is 20.1. The van der Waals surface area contributed by atoms with Gasteiger partial charge in [-0.3, -0.25) is 10.1 Å². The molecule has 1 N–H and O–H groups in total. The molecular weight excluding hydrogens is 434 g/mol. The predicted molar refractivity (Wildman–Crippen MR) is 114 cm³/mol. The lowest BCUT2D eigenvalue weighted by molar-refractivity contribution is 0.102. The van der Waals surface area contributed by atoms with Gasteiger partial charge in [0.1, 0.15) is 5.75 Å². The Bertz CT molecular complexity index is 1190. The van der Waals surface area contributed by atoms with E-state index in [0.29, 0.717) is 39.2 Å². The number of hydrogen-bond donors (Lipinski definition) is 1. The van der Waals surface area contributed by atoms with E-state index in [9.17, 15) is 13.2 Å². The van der Waals surface area contributed by atoms with Crippen molar-refractivity contribution in [2.24, 2.45) is 0 Å². The summed E-state index contributed by atoms with van der Waals surface area (Å²) in [6, 6.07) is 9.59. The number of carbonyl (C=O) groups excluding carboxylic acids is 1. The number of amides is 1. The van der Waals surface area contributed by atoms with E-state index in [2.05, 4.69) is 10.3 Å². The molecule has 1 aliphatic heterocycles. The summed E-state index contributed by atoms with van der Waals surface area (Å²) in [5.41, 5.74) is 0.903. The molecule has 0 radical (unpaired) electrons. The van der Waals surface area contributed by atoms with Crippen LogP contribution in [0.4, 0.5) is 5.13 Å². The summed E-state index contributed by atoms with van der Waals surface area (Å²) in [7, 11) is -2.03. The third kappa shape index (κ3) is 3.95. The van der Waals surface area contributed by atoms with Crippen LogP contribution in [0.2, 0.25) is 5.02 Å². The van der Waals surface area contributed by atoms with Crippen LogP contribution in [0.1, 0.15) is 23.2 Å². The lowest BCUT2D eigenvalue weighted by atomic mass is 10.2. The number of thiazole rings is 1. The van der Waals surface area contributed by atoms with Gasteiger partial charge in [0.2, 0.25) is 10.0 Å². The van der Waals surface area contributed by atoms with Gasteiger partial charge < -0.3 is 4.74 Å².